The van der Waals surface area contributed by atoms with E-state index in [-0.39, 0.29) is 0 Å². The van der Waals surface area contributed by atoms with Crippen LogP contribution in [0.25, 0.3) is 0 Å². The molecular weight excluding hydrogens is 180 g/mol. The van der Waals surface area contributed by atoms with Gasteiger partial charge in [0.1, 0.15) is 0 Å². The molecular formula is C10H20N2O2-2. The van der Waals surface area contributed by atoms with Crippen molar-refractivity contribution in [1.29, 1.82) is 0 Å². The quantitative estimate of drug-likeness (QED) is 0.647. The van der Waals surface area contributed by atoms with Crippen LogP contribution in [0.5, 0.6) is 0 Å². The highest BCUT2D eigenvalue weighted by Gasteiger charge is 2.20. The lowest BCUT2D eigenvalue weighted by Gasteiger charge is -2.36. The molecule has 14 heavy (non-hydrogen) atoms. The van der Waals surface area contributed by atoms with Crippen LogP contribution < -0.4 is 0 Å². The molecule has 0 unspecified atom stereocenters. The molecule has 0 atom stereocenters. The van der Waals surface area contributed by atoms with Crippen LogP contribution >= 0.6 is 0 Å². The second-order valence-corrected chi connectivity index (χ2v) is 4.51. The second-order valence-electron chi connectivity index (χ2n) is 4.51. The van der Waals surface area contributed by atoms with Gasteiger partial charge in [-0.25, -0.2) is 0 Å². The molecule has 1 aliphatic rings. The van der Waals surface area contributed by atoms with E-state index in [1.165, 1.54) is 0 Å². The molecule has 0 aromatic rings. The van der Waals surface area contributed by atoms with Gasteiger partial charge in [-0.3, -0.25) is 0 Å². The van der Waals surface area contributed by atoms with Gasteiger partial charge in [0.25, 0.3) is 0 Å². The number of hydroxylamine groups is 4. The van der Waals surface area contributed by atoms with Gasteiger partial charge in [-0.05, 0) is 64.7 Å². The van der Waals surface area contributed by atoms with Crippen LogP contribution in [0.1, 0.15) is 25.7 Å². The summed E-state index contributed by atoms with van der Waals surface area (Å²) in [5.41, 5.74) is 0. The van der Waals surface area contributed by atoms with Crippen molar-refractivity contribution in [2.24, 2.45) is 11.8 Å². The van der Waals surface area contributed by atoms with Crippen molar-refractivity contribution in [3.05, 3.63) is 10.4 Å². The van der Waals surface area contributed by atoms with E-state index >= 15 is 0 Å². The molecule has 84 valence electrons. The predicted molar refractivity (Wildman–Crippen MR) is 57.4 cm³/mol. The normalized spacial score (nSPS) is 28.7. The Morgan fingerprint density at radius 1 is 0.857 bits per heavy atom. The smallest absolute Gasteiger partial charge is 0.0118 e. The molecule has 1 saturated carbocycles. The van der Waals surface area contributed by atoms with Gasteiger partial charge in [0, 0.05) is 0 Å². The Labute approximate surface area is 86.0 Å². The number of rotatable bonds is 4. The minimum absolute atomic E-state index is 0.547. The molecule has 0 saturated heterocycles. The summed E-state index contributed by atoms with van der Waals surface area (Å²) in [6.45, 7) is 1.31. The van der Waals surface area contributed by atoms with Crippen LogP contribution in [0.3, 0.4) is 0 Å². The highest BCUT2D eigenvalue weighted by atomic mass is 16.5. The monoisotopic (exact) mass is 200 g/mol. The van der Waals surface area contributed by atoms with E-state index < -0.39 is 0 Å². The lowest BCUT2D eigenvalue weighted by atomic mass is 9.82. The lowest BCUT2D eigenvalue weighted by molar-refractivity contribution is 0.208. The van der Waals surface area contributed by atoms with Crippen molar-refractivity contribution >= 4 is 0 Å². The average Bonchev–Trinajstić information content (AvgIpc) is 2.06. The van der Waals surface area contributed by atoms with E-state index in [2.05, 4.69) is 0 Å². The first-order chi connectivity index (χ1) is 6.58. The molecule has 0 aliphatic heterocycles. The molecule has 0 radical (unpaired) electrons. The van der Waals surface area contributed by atoms with Gasteiger partial charge >= 0.3 is 0 Å². The van der Waals surface area contributed by atoms with Gasteiger partial charge in [-0.15, -0.1) is 0 Å². The summed E-state index contributed by atoms with van der Waals surface area (Å²) in [6.07, 6.45) is 4.41. The van der Waals surface area contributed by atoms with E-state index in [0.29, 0.717) is 24.9 Å². The molecule has 4 heteroatoms. The summed E-state index contributed by atoms with van der Waals surface area (Å²) in [5, 5.41) is 23.7. The Bertz CT molecular complexity index is 136. The van der Waals surface area contributed by atoms with Gasteiger partial charge in [0.2, 0.25) is 0 Å². The maximum absolute atomic E-state index is 10.8. The number of hydrogen-bond donors (Lipinski definition) is 0. The molecule has 0 N–H and O–H groups in total. The summed E-state index contributed by atoms with van der Waals surface area (Å²) in [6, 6.07) is 0. The summed E-state index contributed by atoms with van der Waals surface area (Å²) < 4.78 is 0. The largest absolute Gasteiger partial charge is 0.785 e. The first kappa shape index (κ1) is 11.9. The Balaban J connectivity index is 2.17. The van der Waals surface area contributed by atoms with Crippen molar-refractivity contribution in [2.45, 2.75) is 25.7 Å². The van der Waals surface area contributed by atoms with E-state index in [9.17, 15) is 10.4 Å². The molecule has 1 rings (SSSR count). The summed E-state index contributed by atoms with van der Waals surface area (Å²) in [7, 11) is 3.16. The molecule has 0 aromatic carbocycles. The molecule has 0 heterocycles. The third-order valence-corrected chi connectivity index (χ3v) is 3.00. The minimum atomic E-state index is 0.547. The minimum Gasteiger partial charge on any atom is -0.785 e. The molecule has 0 bridgehead atoms. The molecule has 4 nitrogen and oxygen atoms in total. The summed E-state index contributed by atoms with van der Waals surface area (Å²) in [5.74, 6) is 1.09. The molecule has 0 spiro atoms. The molecule has 1 aliphatic carbocycles. The zero-order valence-corrected chi connectivity index (χ0v) is 9.11. The van der Waals surface area contributed by atoms with Crippen LogP contribution in [-0.2, 0) is 0 Å². The van der Waals surface area contributed by atoms with E-state index in [4.69, 9.17) is 0 Å². The van der Waals surface area contributed by atoms with E-state index in [1.54, 1.807) is 14.1 Å². The molecule has 1 fully saturated rings. The van der Waals surface area contributed by atoms with E-state index in [1.807, 2.05) is 0 Å². The zero-order valence-electron chi connectivity index (χ0n) is 9.11. The highest BCUT2D eigenvalue weighted by Crippen LogP contribution is 2.29. The Kier molecular flexibility index (Phi) is 4.81. The van der Waals surface area contributed by atoms with Gasteiger partial charge in [0.05, 0.1) is 0 Å². The highest BCUT2D eigenvalue weighted by molar-refractivity contribution is 4.76. The summed E-state index contributed by atoms with van der Waals surface area (Å²) >= 11 is 0. The fraction of sp³-hybridized carbons (Fsp3) is 1.00. The first-order valence-electron chi connectivity index (χ1n) is 5.34. The molecule has 0 aromatic heterocycles. The van der Waals surface area contributed by atoms with Crippen LogP contribution in [0.15, 0.2) is 0 Å². The van der Waals surface area contributed by atoms with E-state index in [0.717, 1.165) is 35.8 Å². The van der Waals surface area contributed by atoms with Gasteiger partial charge in [-0.2, -0.15) is 0 Å². The fourth-order valence-electron chi connectivity index (χ4n) is 2.32. The zero-order chi connectivity index (χ0) is 10.6. The van der Waals surface area contributed by atoms with Gasteiger partial charge in [-0.1, -0.05) is 0 Å². The maximum Gasteiger partial charge on any atom is -0.0118 e. The van der Waals surface area contributed by atoms with Crippen molar-refractivity contribution < 1.29 is 0 Å². The number of nitrogens with zero attached hydrogens (tertiary/aromatic N) is 2. The van der Waals surface area contributed by atoms with Crippen molar-refractivity contribution in [2.75, 3.05) is 27.2 Å². The predicted octanol–water partition coefficient (Wildman–Crippen LogP) is 1.65. The van der Waals surface area contributed by atoms with Gasteiger partial charge < -0.3 is 20.5 Å². The third kappa shape index (κ3) is 4.37. The third-order valence-electron chi connectivity index (χ3n) is 3.00. The fourth-order valence-corrected chi connectivity index (χ4v) is 2.32. The van der Waals surface area contributed by atoms with Gasteiger partial charge in [0.15, 0.2) is 0 Å². The summed E-state index contributed by atoms with van der Waals surface area (Å²) in [4.78, 5) is 0. The van der Waals surface area contributed by atoms with Crippen LogP contribution in [-0.4, -0.2) is 37.3 Å². The Morgan fingerprint density at radius 2 is 1.14 bits per heavy atom. The van der Waals surface area contributed by atoms with Crippen LogP contribution in [0, 0.1) is 22.3 Å². The van der Waals surface area contributed by atoms with Crippen LogP contribution in [0.4, 0.5) is 0 Å². The average molecular weight is 200 g/mol. The first-order valence-corrected chi connectivity index (χ1v) is 5.34. The Morgan fingerprint density at radius 3 is 1.36 bits per heavy atom. The lowest BCUT2D eigenvalue weighted by Crippen LogP contribution is -2.28. The number of hydrogen-bond acceptors (Lipinski definition) is 4. The topological polar surface area (TPSA) is 52.6 Å². The van der Waals surface area contributed by atoms with Crippen LogP contribution in [0.2, 0.25) is 0 Å². The van der Waals surface area contributed by atoms with Crippen molar-refractivity contribution in [3.63, 3.8) is 0 Å². The van der Waals surface area contributed by atoms with Crippen molar-refractivity contribution in [1.82, 2.24) is 10.1 Å². The second kappa shape index (κ2) is 5.66. The SMILES string of the molecule is CN([O-])CC1CCC(CN(C)[O-])CC1. The van der Waals surface area contributed by atoms with Crippen molar-refractivity contribution in [3.8, 4) is 0 Å². The maximum atomic E-state index is 10.8. The Hall–Kier alpha value is -0.160. The standard InChI is InChI=1S/C10H20N2O2/c1-11(13)7-9-3-5-10(6-4-9)8-12(2)14/h9-10H,3-8H2,1-2H3/q-2. The molecule has 0 amide bonds.